The number of nitrogens with zero attached hydrogens (tertiary/aromatic N) is 2. The average molecular weight is 286 g/mol. The Morgan fingerprint density at radius 2 is 2.10 bits per heavy atom. The Morgan fingerprint density at radius 1 is 1.38 bits per heavy atom. The third kappa shape index (κ3) is 3.31. The van der Waals surface area contributed by atoms with Crippen molar-refractivity contribution in [3.63, 3.8) is 0 Å². The first kappa shape index (κ1) is 15.3. The van der Waals surface area contributed by atoms with Crippen LogP contribution in [0.2, 0.25) is 0 Å². The van der Waals surface area contributed by atoms with E-state index >= 15 is 0 Å². The lowest BCUT2D eigenvalue weighted by atomic mass is 9.88. The van der Waals surface area contributed by atoms with Gasteiger partial charge < -0.3 is 5.73 Å². The minimum atomic E-state index is -0.949. The van der Waals surface area contributed by atoms with Gasteiger partial charge in [0, 0.05) is 6.20 Å². The van der Waals surface area contributed by atoms with E-state index in [0.29, 0.717) is 13.1 Å². The summed E-state index contributed by atoms with van der Waals surface area (Å²) < 4.78 is 1.76. The third-order valence-corrected chi connectivity index (χ3v) is 3.53. The highest BCUT2D eigenvalue weighted by molar-refractivity contribution is 5.86. The molecule has 5 nitrogen and oxygen atoms in total. The van der Waals surface area contributed by atoms with Crippen molar-refractivity contribution in [3.05, 3.63) is 53.9 Å². The van der Waals surface area contributed by atoms with Crippen molar-refractivity contribution in [2.45, 2.75) is 32.4 Å². The van der Waals surface area contributed by atoms with Crippen molar-refractivity contribution in [2.24, 2.45) is 5.73 Å². The van der Waals surface area contributed by atoms with E-state index in [2.05, 4.69) is 17.3 Å². The van der Waals surface area contributed by atoms with Crippen molar-refractivity contribution < 1.29 is 4.79 Å². The summed E-state index contributed by atoms with van der Waals surface area (Å²) >= 11 is 0. The third-order valence-electron chi connectivity index (χ3n) is 3.53. The monoisotopic (exact) mass is 286 g/mol. The number of carbonyl (C=O) groups excluding carboxylic acids is 1. The zero-order chi connectivity index (χ0) is 15.3. The second-order valence-electron chi connectivity index (χ2n) is 5.28. The van der Waals surface area contributed by atoms with Gasteiger partial charge in [-0.2, -0.15) is 5.10 Å². The van der Waals surface area contributed by atoms with Gasteiger partial charge in [-0.15, -0.1) is 0 Å². The molecule has 1 amide bonds. The van der Waals surface area contributed by atoms with Crippen molar-refractivity contribution in [3.8, 4) is 0 Å². The number of amides is 1. The molecule has 1 heterocycles. The van der Waals surface area contributed by atoms with Crippen LogP contribution in [-0.4, -0.2) is 22.2 Å². The van der Waals surface area contributed by atoms with E-state index in [-0.39, 0.29) is 0 Å². The topological polar surface area (TPSA) is 72.9 Å². The maximum absolute atomic E-state index is 12.3. The van der Waals surface area contributed by atoms with Gasteiger partial charge >= 0.3 is 0 Å². The Bertz CT molecular complexity index is 593. The SMILES string of the molecule is CCCNC(Cn1cc(C)cn1)(C(N)=O)c1ccccc1. The maximum Gasteiger partial charge on any atom is 0.244 e. The van der Waals surface area contributed by atoms with Gasteiger partial charge in [-0.1, -0.05) is 37.3 Å². The zero-order valence-electron chi connectivity index (χ0n) is 12.5. The standard InChI is InChI=1S/C16H22N4O/c1-3-9-18-16(15(17)21,14-7-5-4-6-8-14)12-20-11-13(2)10-19-20/h4-8,10-11,18H,3,9,12H2,1-2H3,(H2,17,21). The van der Waals surface area contributed by atoms with Gasteiger partial charge in [0.15, 0.2) is 0 Å². The molecule has 1 unspecified atom stereocenters. The van der Waals surface area contributed by atoms with Crippen LogP contribution in [0.3, 0.4) is 0 Å². The van der Waals surface area contributed by atoms with Crippen LogP contribution < -0.4 is 11.1 Å². The Balaban J connectivity index is 2.42. The summed E-state index contributed by atoms with van der Waals surface area (Å²) in [6.45, 7) is 5.11. The molecule has 2 aromatic rings. The fourth-order valence-corrected chi connectivity index (χ4v) is 2.41. The van der Waals surface area contributed by atoms with Gasteiger partial charge in [0.2, 0.25) is 5.91 Å². The molecule has 0 saturated heterocycles. The number of benzene rings is 1. The van der Waals surface area contributed by atoms with Crippen LogP contribution in [0.1, 0.15) is 24.5 Å². The first-order chi connectivity index (χ1) is 10.1. The number of rotatable bonds is 7. The predicted molar refractivity (Wildman–Crippen MR) is 82.6 cm³/mol. The molecule has 2 rings (SSSR count). The van der Waals surface area contributed by atoms with Gasteiger partial charge in [0.1, 0.15) is 5.54 Å². The fraction of sp³-hybridized carbons (Fsp3) is 0.375. The second-order valence-corrected chi connectivity index (χ2v) is 5.28. The molecule has 0 radical (unpaired) electrons. The molecule has 0 aliphatic carbocycles. The van der Waals surface area contributed by atoms with Crippen molar-refractivity contribution in [2.75, 3.05) is 6.54 Å². The predicted octanol–water partition coefficient (Wildman–Crippen LogP) is 1.57. The number of hydrogen-bond donors (Lipinski definition) is 2. The number of aryl methyl sites for hydroxylation is 1. The quantitative estimate of drug-likeness (QED) is 0.811. The lowest BCUT2D eigenvalue weighted by molar-refractivity contribution is -0.125. The highest BCUT2D eigenvalue weighted by Gasteiger charge is 2.38. The molecule has 0 spiro atoms. The lowest BCUT2D eigenvalue weighted by Crippen LogP contribution is -2.55. The smallest absolute Gasteiger partial charge is 0.244 e. The average Bonchev–Trinajstić information content (AvgIpc) is 2.89. The van der Waals surface area contributed by atoms with Crippen LogP contribution in [0.5, 0.6) is 0 Å². The molecule has 5 heteroatoms. The zero-order valence-corrected chi connectivity index (χ0v) is 12.5. The molecule has 1 aromatic carbocycles. The Kier molecular flexibility index (Phi) is 4.75. The molecule has 1 atom stereocenters. The van der Waals surface area contributed by atoms with Gasteiger partial charge in [0.25, 0.3) is 0 Å². The molecule has 112 valence electrons. The Hall–Kier alpha value is -2.14. The fourth-order valence-electron chi connectivity index (χ4n) is 2.41. The minimum absolute atomic E-state index is 0.375. The Labute approximate surface area is 125 Å². The number of primary amides is 1. The van der Waals surface area contributed by atoms with Gasteiger partial charge in [0.05, 0.1) is 12.7 Å². The number of hydrogen-bond acceptors (Lipinski definition) is 3. The van der Waals surface area contributed by atoms with Crippen LogP contribution in [-0.2, 0) is 16.9 Å². The minimum Gasteiger partial charge on any atom is -0.368 e. The van der Waals surface area contributed by atoms with Crippen molar-refractivity contribution >= 4 is 5.91 Å². The summed E-state index contributed by atoms with van der Waals surface area (Å²) in [6, 6.07) is 9.59. The summed E-state index contributed by atoms with van der Waals surface area (Å²) in [4.78, 5) is 12.3. The number of aromatic nitrogens is 2. The molecular formula is C16H22N4O. The van der Waals surface area contributed by atoms with Crippen LogP contribution >= 0.6 is 0 Å². The first-order valence-corrected chi connectivity index (χ1v) is 7.18. The van der Waals surface area contributed by atoms with Crippen molar-refractivity contribution in [1.82, 2.24) is 15.1 Å². The van der Waals surface area contributed by atoms with Gasteiger partial charge in [-0.25, -0.2) is 0 Å². The molecule has 0 aliphatic rings. The highest BCUT2D eigenvalue weighted by atomic mass is 16.1. The van der Waals surface area contributed by atoms with E-state index < -0.39 is 11.4 Å². The summed E-state index contributed by atoms with van der Waals surface area (Å²) in [5.41, 5.74) is 6.72. The number of nitrogens with one attached hydrogen (secondary N) is 1. The molecule has 0 bridgehead atoms. The van der Waals surface area contributed by atoms with Crippen LogP contribution in [0, 0.1) is 6.92 Å². The molecular weight excluding hydrogens is 264 g/mol. The first-order valence-electron chi connectivity index (χ1n) is 7.18. The van der Waals surface area contributed by atoms with Crippen molar-refractivity contribution in [1.29, 1.82) is 0 Å². The summed E-state index contributed by atoms with van der Waals surface area (Å²) in [7, 11) is 0. The number of carbonyl (C=O) groups is 1. The second kappa shape index (κ2) is 6.54. The summed E-state index contributed by atoms with van der Waals surface area (Å²) in [5.74, 6) is -0.393. The van der Waals surface area contributed by atoms with Crippen LogP contribution in [0.15, 0.2) is 42.7 Å². The summed E-state index contributed by atoms with van der Waals surface area (Å²) in [6.07, 6.45) is 4.60. The van der Waals surface area contributed by atoms with E-state index in [1.54, 1.807) is 10.9 Å². The van der Waals surface area contributed by atoms with E-state index in [4.69, 9.17) is 5.73 Å². The van der Waals surface area contributed by atoms with Crippen LogP contribution in [0.25, 0.3) is 0 Å². The molecule has 0 saturated carbocycles. The number of nitrogens with two attached hydrogens (primary N) is 1. The van der Waals surface area contributed by atoms with Crippen LogP contribution in [0.4, 0.5) is 0 Å². The van der Waals surface area contributed by atoms with E-state index in [9.17, 15) is 4.79 Å². The van der Waals surface area contributed by atoms with E-state index in [1.165, 1.54) is 0 Å². The molecule has 0 fully saturated rings. The summed E-state index contributed by atoms with van der Waals surface area (Å²) in [5, 5.41) is 7.61. The normalized spacial score (nSPS) is 13.8. The molecule has 3 N–H and O–H groups in total. The van der Waals surface area contributed by atoms with E-state index in [1.807, 2.05) is 43.5 Å². The lowest BCUT2D eigenvalue weighted by Gasteiger charge is -2.32. The van der Waals surface area contributed by atoms with Gasteiger partial charge in [-0.05, 0) is 31.0 Å². The van der Waals surface area contributed by atoms with E-state index in [0.717, 1.165) is 17.5 Å². The molecule has 0 aliphatic heterocycles. The van der Waals surface area contributed by atoms with Gasteiger partial charge in [-0.3, -0.25) is 14.8 Å². The molecule has 1 aromatic heterocycles. The molecule has 21 heavy (non-hydrogen) atoms. The maximum atomic E-state index is 12.3. The Morgan fingerprint density at radius 3 is 2.62 bits per heavy atom. The largest absolute Gasteiger partial charge is 0.368 e. The highest BCUT2D eigenvalue weighted by Crippen LogP contribution is 2.23.